The van der Waals surface area contributed by atoms with Crippen molar-refractivity contribution < 1.29 is 0 Å². The molecule has 0 aliphatic heterocycles. The minimum Gasteiger partial charge on any atom is -0.498 e. The highest BCUT2D eigenvalue weighted by Crippen LogP contribution is 1.94. The zero-order valence-corrected chi connectivity index (χ0v) is 4.99. The van der Waals surface area contributed by atoms with E-state index in [1.54, 1.807) is 11.8 Å². The van der Waals surface area contributed by atoms with Gasteiger partial charge in [0.15, 0.2) is 0 Å². The largest absolute Gasteiger partial charge is 0.498 e. The molecule has 0 heterocycles. The van der Waals surface area contributed by atoms with Gasteiger partial charge in [0.05, 0.1) is 0 Å². The van der Waals surface area contributed by atoms with E-state index < -0.39 is 0 Å². The molecular weight excluding hydrogens is 110 g/mol. The first kappa shape index (κ1) is 6.64. The number of rotatable bonds is 2. The van der Waals surface area contributed by atoms with Crippen LogP contribution in [0.4, 0.5) is 0 Å². The Morgan fingerprint density at radius 3 is 3.00 bits per heavy atom. The lowest BCUT2D eigenvalue weighted by atomic mass is 10.9. The number of nitrogens with zero attached hydrogens (tertiary/aromatic N) is 1. The van der Waals surface area contributed by atoms with Crippen molar-refractivity contribution in [3.05, 3.63) is 10.2 Å². The van der Waals surface area contributed by atoms with Crippen LogP contribution in [0.5, 0.6) is 0 Å². The fraction of sp³-hybridized carbons (Fsp3) is 0.750. The summed E-state index contributed by atoms with van der Waals surface area (Å²) in [5.41, 5.74) is 0. The molecule has 0 radical (unpaired) electrons. The van der Waals surface area contributed by atoms with E-state index in [4.69, 9.17) is 0 Å². The molecule has 0 aliphatic carbocycles. The SMILES string of the molecule is CCSCC#[N+][O-]. The minimum absolute atomic E-state index is 0.625. The van der Waals surface area contributed by atoms with E-state index in [1.165, 1.54) is 0 Å². The molecule has 2 nitrogen and oxygen atoms in total. The standard InChI is InChI=1S/C4H7NOS/c1-2-7-4-3-5-6/h2,4H2,1H3. The van der Waals surface area contributed by atoms with Gasteiger partial charge in [0.1, 0.15) is 5.75 Å². The Labute approximate surface area is 47.3 Å². The third-order valence-corrected chi connectivity index (χ3v) is 1.18. The fourth-order valence-corrected chi connectivity index (χ4v) is 0.522. The lowest BCUT2D eigenvalue weighted by Crippen LogP contribution is -1.68. The maximum atomic E-state index is 9.31. The molecule has 40 valence electrons. The van der Waals surface area contributed by atoms with Gasteiger partial charge in [-0.1, -0.05) is 6.92 Å². The van der Waals surface area contributed by atoms with Crippen molar-refractivity contribution in [3.63, 3.8) is 0 Å². The Morgan fingerprint density at radius 2 is 2.57 bits per heavy atom. The number of hydrogen-bond donors (Lipinski definition) is 0. The van der Waals surface area contributed by atoms with Crippen LogP contribution in [0, 0.1) is 11.3 Å². The minimum atomic E-state index is 0.625. The lowest BCUT2D eigenvalue weighted by molar-refractivity contribution is 1.52. The van der Waals surface area contributed by atoms with Crippen LogP contribution in [0.3, 0.4) is 0 Å². The normalized spacial score (nSPS) is 7.00. The van der Waals surface area contributed by atoms with Gasteiger partial charge in [0.25, 0.3) is 0 Å². The summed E-state index contributed by atoms with van der Waals surface area (Å²) in [4.78, 5) is 0. The smallest absolute Gasteiger partial charge is 0.309 e. The average molecular weight is 117 g/mol. The summed E-state index contributed by atoms with van der Waals surface area (Å²) in [6.07, 6.45) is 0. The van der Waals surface area contributed by atoms with Gasteiger partial charge in [-0.25, -0.2) is 0 Å². The van der Waals surface area contributed by atoms with Crippen LogP contribution in [0.2, 0.25) is 0 Å². The van der Waals surface area contributed by atoms with Gasteiger partial charge in [-0.05, 0) is 5.75 Å². The summed E-state index contributed by atoms with van der Waals surface area (Å²) in [6, 6.07) is 2.28. The summed E-state index contributed by atoms with van der Waals surface area (Å²) in [5, 5.41) is 11.8. The third-order valence-electron chi connectivity index (χ3n) is 0.435. The molecular formula is C4H7NOS. The first-order valence-electron chi connectivity index (χ1n) is 2.04. The molecule has 0 aromatic carbocycles. The molecule has 3 heteroatoms. The first-order chi connectivity index (χ1) is 3.41. The Hall–Kier alpha value is -0.360. The van der Waals surface area contributed by atoms with E-state index in [-0.39, 0.29) is 0 Å². The van der Waals surface area contributed by atoms with Crippen LogP contribution >= 0.6 is 11.8 Å². The molecule has 0 amide bonds. The molecule has 0 saturated carbocycles. The maximum absolute atomic E-state index is 9.31. The number of hydrogen-bond acceptors (Lipinski definition) is 2. The van der Waals surface area contributed by atoms with E-state index >= 15 is 0 Å². The van der Waals surface area contributed by atoms with Gasteiger partial charge < -0.3 is 5.21 Å². The zero-order valence-electron chi connectivity index (χ0n) is 4.18. The Kier molecular flexibility index (Phi) is 5.35. The molecule has 7 heavy (non-hydrogen) atoms. The van der Waals surface area contributed by atoms with Gasteiger partial charge in [-0.15, -0.1) is 11.8 Å². The summed E-state index contributed by atoms with van der Waals surface area (Å²) in [7, 11) is 0. The van der Waals surface area contributed by atoms with Gasteiger partial charge >= 0.3 is 6.07 Å². The zero-order chi connectivity index (χ0) is 5.54. The van der Waals surface area contributed by atoms with Gasteiger partial charge in [-0.3, -0.25) is 0 Å². The van der Waals surface area contributed by atoms with Crippen molar-refractivity contribution in [1.82, 2.24) is 0 Å². The third kappa shape index (κ3) is 5.64. The monoisotopic (exact) mass is 117 g/mol. The molecule has 0 atom stereocenters. The highest BCUT2D eigenvalue weighted by Gasteiger charge is 1.80. The second kappa shape index (κ2) is 5.64. The highest BCUT2D eigenvalue weighted by atomic mass is 32.2. The van der Waals surface area contributed by atoms with Gasteiger partial charge in [0.2, 0.25) is 0 Å². The molecule has 0 spiro atoms. The van der Waals surface area contributed by atoms with Crippen LogP contribution in [0.15, 0.2) is 0 Å². The van der Waals surface area contributed by atoms with E-state index in [0.29, 0.717) is 5.75 Å². The van der Waals surface area contributed by atoms with Crippen molar-refractivity contribution in [2.24, 2.45) is 0 Å². The maximum Gasteiger partial charge on any atom is 0.309 e. The summed E-state index contributed by atoms with van der Waals surface area (Å²) in [6.45, 7) is 2.02. The van der Waals surface area contributed by atoms with E-state index in [1.807, 2.05) is 6.92 Å². The molecule has 0 aliphatic rings. The Morgan fingerprint density at radius 1 is 1.86 bits per heavy atom. The number of thioether (sulfide) groups is 1. The topological polar surface area (TPSA) is 27.4 Å². The summed E-state index contributed by atoms with van der Waals surface area (Å²) >= 11 is 1.63. The van der Waals surface area contributed by atoms with Crippen molar-refractivity contribution in [3.8, 4) is 6.07 Å². The van der Waals surface area contributed by atoms with Crippen molar-refractivity contribution in [2.45, 2.75) is 6.92 Å². The molecule has 0 aromatic heterocycles. The molecule has 0 fully saturated rings. The second-order valence-corrected chi connectivity index (χ2v) is 2.16. The van der Waals surface area contributed by atoms with Gasteiger partial charge in [0, 0.05) is 5.01 Å². The van der Waals surface area contributed by atoms with Crippen molar-refractivity contribution in [2.75, 3.05) is 11.5 Å². The van der Waals surface area contributed by atoms with Crippen LogP contribution in [0.1, 0.15) is 6.92 Å². The van der Waals surface area contributed by atoms with Crippen molar-refractivity contribution in [1.29, 1.82) is 0 Å². The van der Waals surface area contributed by atoms with Gasteiger partial charge in [-0.2, -0.15) is 0 Å². The quantitative estimate of drug-likeness (QED) is 0.405. The molecule has 0 N–H and O–H groups in total. The summed E-state index contributed by atoms with van der Waals surface area (Å²) in [5.74, 6) is 1.64. The summed E-state index contributed by atoms with van der Waals surface area (Å²) < 4.78 is 0. The van der Waals surface area contributed by atoms with Crippen LogP contribution < -0.4 is 0 Å². The Balaban J connectivity index is 2.78. The van der Waals surface area contributed by atoms with Crippen molar-refractivity contribution >= 4 is 11.8 Å². The predicted octanol–water partition coefficient (Wildman–Crippen LogP) is 1.57. The Bertz CT molecular complexity index is 83.4. The second-order valence-electron chi connectivity index (χ2n) is 0.887. The van der Waals surface area contributed by atoms with Crippen LogP contribution in [-0.4, -0.2) is 11.5 Å². The molecule has 0 saturated heterocycles. The first-order valence-corrected chi connectivity index (χ1v) is 3.20. The van der Waals surface area contributed by atoms with Crippen LogP contribution in [-0.2, 0) is 0 Å². The van der Waals surface area contributed by atoms with E-state index in [9.17, 15) is 5.21 Å². The molecule has 0 aromatic rings. The average Bonchev–Trinajstić information content (AvgIpc) is 1.69. The molecule has 0 unspecified atom stereocenters. The highest BCUT2D eigenvalue weighted by molar-refractivity contribution is 7.99. The lowest BCUT2D eigenvalue weighted by Gasteiger charge is -1.76. The molecule has 0 bridgehead atoms. The van der Waals surface area contributed by atoms with E-state index in [0.717, 1.165) is 5.75 Å². The van der Waals surface area contributed by atoms with Crippen LogP contribution in [0.25, 0.3) is 5.01 Å². The predicted molar refractivity (Wildman–Crippen MR) is 33.6 cm³/mol. The van der Waals surface area contributed by atoms with E-state index in [2.05, 4.69) is 11.1 Å². The fourth-order valence-electron chi connectivity index (χ4n) is 0.174. The molecule has 0 rings (SSSR count).